The molecule has 15 heteroatoms. The number of halogens is 1. The minimum Gasteiger partial charge on any atom is -0.480 e. The smallest absolute Gasteiger partial charge is 0.459 e. The quantitative estimate of drug-likeness (QED) is 0.169. The summed E-state index contributed by atoms with van der Waals surface area (Å²) in [5.74, 6) is -1.14. The minimum absolute atomic E-state index is 0.0683. The fourth-order valence-corrected chi connectivity index (χ4v) is 5.45. The Bertz CT molecular complexity index is 1430. The number of aliphatic hydroxyl groups excluding tert-OH is 1. The van der Waals surface area contributed by atoms with Crippen LogP contribution in [0.2, 0.25) is 0 Å². The first kappa shape index (κ1) is 30.3. The first-order valence-corrected chi connectivity index (χ1v) is 14.1. The number of aliphatic hydroxyl groups is 1. The summed E-state index contributed by atoms with van der Waals surface area (Å²) in [6, 6.07) is 17.1. The Morgan fingerprint density at radius 2 is 1.85 bits per heavy atom. The van der Waals surface area contributed by atoms with Crippen molar-refractivity contribution in [3.8, 4) is 5.75 Å². The number of aliphatic carboxylic acids is 1. The topological polar surface area (TPSA) is 170 Å². The predicted molar refractivity (Wildman–Crippen MR) is 144 cm³/mol. The van der Waals surface area contributed by atoms with Crippen molar-refractivity contribution in [2.24, 2.45) is 0 Å². The van der Waals surface area contributed by atoms with Crippen molar-refractivity contribution in [1.82, 2.24) is 14.6 Å². The fourth-order valence-electron chi connectivity index (χ4n) is 3.94. The number of anilines is 1. The second-order valence-corrected chi connectivity index (χ2v) is 11.1. The van der Waals surface area contributed by atoms with Gasteiger partial charge >= 0.3 is 19.4 Å². The summed E-state index contributed by atoms with van der Waals surface area (Å²) in [6.07, 6.45) is -3.63. The van der Waals surface area contributed by atoms with Crippen LogP contribution < -0.4 is 20.8 Å². The molecule has 0 bridgehead atoms. The molecule has 0 spiro atoms. The molecule has 0 aliphatic carbocycles. The lowest BCUT2D eigenvalue weighted by Crippen LogP contribution is -2.43. The average molecular weight is 593 g/mol. The van der Waals surface area contributed by atoms with Crippen LogP contribution in [0.15, 0.2) is 77.7 Å². The summed E-state index contributed by atoms with van der Waals surface area (Å²) in [7, 11) is -4.36. The van der Waals surface area contributed by atoms with Gasteiger partial charge in [-0.25, -0.2) is 19.2 Å². The third kappa shape index (κ3) is 7.55. The van der Waals surface area contributed by atoms with Gasteiger partial charge in [0.25, 0.3) is 0 Å². The maximum absolute atomic E-state index is 15.7. The zero-order chi connectivity index (χ0) is 29.6. The molecule has 4 rings (SSSR count). The van der Waals surface area contributed by atoms with Crippen LogP contribution in [-0.4, -0.2) is 56.3 Å². The van der Waals surface area contributed by atoms with E-state index < -0.39 is 56.2 Å². The lowest BCUT2D eigenvalue weighted by atomic mass is 9.98. The Morgan fingerprint density at radius 1 is 1.20 bits per heavy atom. The van der Waals surface area contributed by atoms with E-state index in [0.717, 1.165) is 17.1 Å². The highest BCUT2D eigenvalue weighted by Gasteiger charge is 2.56. The van der Waals surface area contributed by atoms with Gasteiger partial charge in [0.05, 0.1) is 13.2 Å². The van der Waals surface area contributed by atoms with Gasteiger partial charge in [-0.2, -0.15) is 10.1 Å². The number of ether oxygens (including phenoxy) is 1. The molecule has 6 atom stereocenters. The van der Waals surface area contributed by atoms with Crippen molar-refractivity contribution in [1.29, 1.82) is 0 Å². The van der Waals surface area contributed by atoms with Crippen molar-refractivity contribution in [2.75, 3.05) is 12.1 Å². The zero-order valence-electron chi connectivity index (χ0n) is 22.1. The second kappa shape index (κ2) is 12.9. The molecule has 220 valence electrons. The third-order valence-corrected chi connectivity index (χ3v) is 7.80. The first-order valence-electron chi connectivity index (χ1n) is 12.5. The number of alkyl halides is 1. The third-order valence-electron chi connectivity index (χ3n) is 6.16. The number of benzene rings is 2. The first-order chi connectivity index (χ1) is 19.5. The zero-order valence-corrected chi connectivity index (χ0v) is 23.0. The van der Waals surface area contributed by atoms with Gasteiger partial charge < -0.3 is 19.5 Å². The lowest BCUT2D eigenvalue weighted by molar-refractivity contribution is -0.138. The van der Waals surface area contributed by atoms with Gasteiger partial charge in [-0.05, 0) is 37.6 Å². The van der Waals surface area contributed by atoms with E-state index in [1.807, 2.05) is 30.3 Å². The predicted octanol–water partition coefficient (Wildman–Crippen LogP) is 3.04. The Labute approximate surface area is 234 Å². The van der Waals surface area contributed by atoms with Crippen LogP contribution in [0.3, 0.4) is 0 Å². The van der Waals surface area contributed by atoms with E-state index >= 15 is 4.39 Å². The number of nitrogens with zero attached hydrogens (tertiary/aromatic N) is 2. The van der Waals surface area contributed by atoms with E-state index in [9.17, 15) is 24.4 Å². The minimum atomic E-state index is -4.36. The number of carbonyl (C=O) groups is 1. The highest BCUT2D eigenvalue weighted by Crippen LogP contribution is 2.47. The van der Waals surface area contributed by atoms with Crippen LogP contribution in [0.25, 0.3) is 0 Å². The van der Waals surface area contributed by atoms with Crippen LogP contribution in [0, 0.1) is 0 Å². The van der Waals surface area contributed by atoms with Crippen molar-refractivity contribution in [3.63, 3.8) is 0 Å². The number of para-hydroxylation sites is 1. The summed E-state index contributed by atoms with van der Waals surface area (Å²) < 4.78 is 46.4. The van der Waals surface area contributed by atoms with Gasteiger partial charge in [0.2, 0.25) is 0 Å². The summed E-state index contributed by atoms with van der Waals surface area (Å²) in [6.45, 7) is 1.79. The molecule has 0 radical (unpaired) electrons. The highest BCUT2D eigenvalue weighted by atomic mass is 31.2. The van der Waals surface area contributed by atoms with Crippen molar-refractivity contribution >= 4 is 19.5 Å². The van der Waals surface area contributed by atoms with Gasteiger partial charge in [-0.1, -0.05) is 48.5 Å². The number of carboxylic acids is 1. The average Bonchev–Trinajstić information content (AvgIpc) is 3.16. The van der Waals surface area contributed by atoms with E-state index in [2.05, 4.69) is 15.6 Å². The van der Waals surface area contributed by atoms with Gasteiger partial charge in [0.15, 0.2) is 17.7 Å². The summed E-state index contributed by atoms with van der Waals surface area (Å²) in [5, 5.41) is 22.2. The Hall–Kier alpha value is -3.65. The fraction of sp³-hybridized carbons (Fsp3) is 0.346. The molecular formula is C26H30FN4O9P. The normalized spacial score (nSPS) is 24.3. The summed E-state index contributed by atoms with van der Waals surface area (Å²) >= 11 is 0. The molecule has 1 aliphatic heterocycles. The number of aromatic nitrogens is 2. The SMILES string of the molecule is CC(NP(=O)(OC[C@H]1O[C@@H](n2ccc(NOCc3ccccc3)nc2=O)[C@](C)(F)[C@@H]1O)Oc1ccccc1)C(=O)O. The van der Waals surface area contributed by atoms with Crippen molar-refractivity contribution in [2.45, 2.75) is 50.6 Å². The maximum Gasteiger partial charge on any atom is 0.459 e. The standard InChI is InChI=1S/C26H30FN4O9P/c1-17(23(33)34)30-41(36,40-19-11-7-4-8-12-19)38-16-20-22(32)26(2,27)24(39-20)31-14-13-21(28-25(31)35)29-37-15-18-9-5-3-6-10-18/h3-14,17,20,22,24,32H,15-16H2,1-2H3,(H,30,36)(H,33,34)(H,28,29,35)/t17?,20-,22-,24-,26-,41?/m1/s1. The van der Waals surface area contributed by atoms with Crippen LogP contribution in [0.5, 0.6) is 5.75 Å². The second-order valence-electron chi connectivity index (χ2n) is 9.39. The molecule has 0 saturated carbocycles. The summed E-state index contributed by atoms with van der Waals surface area (Å²) in [5.41, 5.74) is 0.0437. The molecule has 4 N–H and O–H groups in total. The number of nitrogens with one attached hydrogen (secondary N) is 2. The number of rotatable bonds is 13. The molecule has 41 heavy (non-hydrogen) atoms. The molecule has 1 aromatic heterocycles. The molecule has 1 fully saturated rings. The highest BCUT2D eigenvalue weighted by molar-refractivity contribution is 7.52. The molecule has 2 unspecified atom stereocenters. The summed E-state index contributed by atoms with van der Waals surface area (Å²) in [4.78, 5) is 33.3. The van der Waals surface area contributed by atoms with Crippen LogP contribution in [0.1, 0.15) is 25.6 Å². The molecule has 2 aromatic carbocycles. The van der Waals surface area contributed by atoms with E-state index in [1.165, 1.54) is 31.3 Å². The lowest BCUT2D eigenvalue weighted by Gasteiger charge is -2.25. The molecule has 2 heterocycles. The van der Waals surface area contributed by atoms with E-state index in [0.29, 0.717) is 0 Å². The van der Waals surface area contributed by atoms with Gasteiger partial charge in [-0.15, -0.1) is 0 Å². The maximum atomic E-state index is 15.7. The molecular weight excluding hydrogens is 562 g/mol. The molecule has 1 saturated heterocycles. The van der Waals surface area contributed by atoms with Crippen LogP contribution >= 0.6 is 7.75 Å². The molecule has 3 aromatic rings. The van der Waals surface area contributed by atoms with E-state index in [-0.39, 0.29) is 18.2 Å². The molecule has 1 aliphatic rings. The molecule has 0 amide bonds. The number of carboxylic acid groups (broad SMARTS) is 1. The van der Waals surface area contributed by atoms with Crippen molar-refractivity contribution < 1.29 is 42.6 Å². The van der Waals surface area contributed by atoms with Gasteiger partial charge in [-0.3, -0.25) is 18.7 Å². The number of hydrogen-bond donors (Lipinski definition) is 4. The van der Waals surface area contributed by atoms with Gasteiger partial charge in [0.1, 0.15) is 24.0 Å². The Kier molecular flexibility index (Phi) is 9.53. The van der Waals surface area contributed by atoms with E-state index in [4.69, 9.17) is 18.6 Å². The largest absolute Gasteiger partial charge is 0.480 e. The monoisotopic (exact) mass is 592 g/mol. The van der Waals surface area contributed by atoms with Crippen LogP contribution in [-0.2, 0) is 30.1 Å². The van der Waals surface area contributed by atoms with Crippen molar-refractivity contribution in [3.05, 3.63) is 89.0 Å². The number of hydrogen-bond acceptors (Lipinski definition) is 10. The Morgan fingerprint density at radius 3 is 2.49 bits per heavy atom. The Balaban J connectivity index is 1.44. The molecule has 13 nitrogen and oxygen atoms in total. The van der Waals surface area contributed by atoms with Gasteiger partial charge in [0, 0.05) is 6.20 Å². The van der Waals surface area contributed by atoms with Crippen LogP contribution in [0.4, 0.5) is 10.2 Å². The van der Waals surface area contributed by atoms with E-state index in [1.54, 1.807) is 18.2 Å².